The second-order valence-corrected chi connectivity index (χ2v) is 9.62. The average molecular weight is 447 g/mol. The van der Waals surface area contributed by atoms with Gasteiger partial charge >= 0.3 is 5.69 Å². The number of aryl methyl sites for hydroxylation is 4. The Labute approximate surface area is 190 Å². The first-order chi connectivity index (χ1) is 15.5. The van der Waals surface area contributed by atoms with E-state index in [-0.39, 0.29) is 11.2 Å². The lowest BCUT2D eigenvalue weighted by molar-refractivity contribution is 0.414. The molecular formula is C26H26N2O3S. The van der Waals surface area contributed by atoms with E-state index < -0.39 is 0 Å². The molecule has 2 aromatic heterocycles. The van der Waals surface area contributed by atoms with E-state index >= 15 is 0 Å². The number of aromatic nitrogens is 2. The Balaban J connectivity index is 1.83. The van der Waals surface area contributed by atoms with Gasteiger partial charge in [-0.15, -0.1) is 11.3 Å². The molecule has 4 aromatic rings. The quantitative estimate of drug-likeness (QED) is 0.454. The van der Waals surface area contributed by atoms with Gasteiger partial charge in [0.2, 0.25) is 0 Å². The van der Waals surface area contributed by atoms with E-state index in [4.69, 9.17) is 4.74 Å². The molecule has 0 saturated carbocycles. The van der Waals surface area contributed by atoms with E-state index in [1.165, 1.54) is 15.0 Å². The Bertz CT molecular complexity index is 1460. The fourth-order valence-corrected chi connectivity index (χ4v) is 6.05. The highest BCUT2D eigenvalue weighted by molar-refractivity contribution is 7.18. The molecule has 164 valence electrons. The number of ether oxygens (including phenoxy) is 1. The summed E-state index contributed by atoms with van der Waals surface area (Å²) in [6.45, 7) is 4.57. The number of fused-ring (bicyclic) bond motifs is 3. The number of hydrogen-bond donors (Lipinski definition) is 0. The zero-order valence-corrected chi connectivity index (χ0v) is 19.4. The van der Waals surface area contributed by atoms with Crippen LogP contribution in [-0.4, -0.2) is 16.2 Å². The van der Waals surface area contributed by atoms with Crippen LogP contribution in [-0.2, 0) is 19.4 Å². The molecule has 5 rings (SSSR count). The molecule has 0 bridgehead atoms. The first-order valence-electron chi connectivity index (χ1n) is 11.0. The van der Waals surface area contributed by atoms with Gasteiger partial charge in [0.25, 0.3) is 5.56 Å². The molecule has 0 fully saturated rings. The number of rotatable bonds is 4. The highest BCUT2D eigenvalue weighted by Crippen LogP contribution is 2.34. The minimum Gasteiger partial charge on any atom is -0.497 e. The van der Waals surface area contributed by atoms with Crippen LogP contribution in [0.25, 0.3) is 15.9 Å². The summed E-state index contributed by atoms with van der Waals surface area (Å²) in [5.41, 5.74) is 4.55. The summed E-state index contributed by atoms with van der Waals surface area (Å²) in [4.78, 5) is 29.6. The van der Waals surface area contributed by atoms with Gasteiger partial charge < -0.3 is 4.74 Å². The Kier molecular flexibility index (Phi) is 5.25. The van der Waals surface area contributed by atoms with Crippen LogP contribution in [0.3, 0.4) is 0 Å². The topological polar surface area (TPSA) is 53.2 Å². The van der Waals surface area contributed by atoms with Gasteiger partial charge in [-0.1, -0.05) is 29.8 Å². The number of nitrogens with zero attached hydrogens (tertiary/aromatic N) is 2. The summed E-state index contributed by atoms with van der Waals surface area (Å²) in [5, 5.41) is 0.705. The van der Waals surface area contributed by atoms with Crippen LogP contribution >= 0.6 is 11.3 Å². The largest absolute Gasteiger partial charge is 0.497 e. The van der Waals surface area contributed by atoms with E-state index in [2.05, 4.69) is 32.0 Å². The van der Waals surface area contributed by atoms with Crippen molar-refractivity contribution >= 4 is 21.6 Å². The normalized spacial score (nSPS) is 13.3. The van der Waals surface area contributed by atoms with Crippen molar-refractivity contribution in [2.24, 2.45) is 0 Å². The van der Waals surface area contributed by atoms with Gasteiger partial charge in [0.15, 0.2) is 0 Å². The maximum absolute atomic E-state index is 13.8. The summed E-state index contributed by atoms with van der Waals surface area (Å²) >= 11 is 1.62. The predicted octanol–water partition coefficient (Wildman–Crippen LogP) is 4.77. The summed E-state index contributed by atoms with van der Waals surface area (Å²) in [5.74, 6) is 0.613. The molecule has 0 radical (unpaired) electrons. The maximum atomic E-state index is 13.8. The molecule has 1 aliphatic rings. The van der Waals surface area contributed by atoms with Crippen molar-refractivity contribution in [3.05, 3.63) is 90.4 Å². The lowest BCUT2D eigenvalue weighted by atomic mass is 9.97. The SMILES string of the molecule is COc1cccc(-n2c(=O)c3c4c(sc3n(Cc3ccc(C)cc3C)c2=O)CCCC4)c1. The first-order valence-corrected chi connectivity index (χ1v) is 11.8. The summed E-state index contributed by atoms with van der Waals surface area (Å²) in [6.07, 6.45) is 4.08. The molecule has 0 N–H and O–H groups in total. The molecule has 2 aromatic carbocycles. The molecule has 2 heterocycles. The molecule has 5 nitrogen and oxygen atoms in total. The molecule has 0 saturated heterocycles. The van der Waals surface area contributed by atoms with Crippen LogP contribution in [0.1, 0.15) is 40.0 Å². The summed E-state index contributed by atoms with van der Waals surface area (Å²) < 4.78 is 8.45. The number of benzene rings is 2. The van der Waals surface area contributed by atoms with E-state index in [9.17, 15) is 9.59 Å². The van der Waals surface area contributed by atoms with Crippen molar-refractivity contribution in [1.29, 1.82) is 0 Å². The van der Waals surface area contributed by atoms with E-state index in [1.54, 1.807) is 35.1 Å². The number of thiophene rings is 1. The predicted molar refractivity (Wildman–Crippen MR) is 130 cm³/mol. The smallest absolute Gasteiger partial charge is 0.337 e. The summed E-state index contributed by atoms with van der Waals surface area (Å²) in [6, 6.07) is 13.4. The minimum absolute atomic E-state index is 0.227. The lowest BCUT2D eigenvalue weighted by Crippen LogP contribution is -2.39. The van der Waals surface area contributed by atoms with Gasteiger partial charge in [-0.25, -0.2) is 9.36 Å². The van der Waals surface area contributed by atoms with Gasteiger partial charge in [-0.2, -0.15) is 0 Å². The van der Waals surface area contributed by atoms with Crippen molar-refractivity contribution in [2.75, 3.05) is 7.11 Å². The molecule has 0 amide bonds. The third kappa shape index (κ3) is 3.39. The van der Waals surface area contributed by atoms with E-state index in [0.717, 1.165) is 47.2 Å². The van der Waals surface area contributed by atoms with Crippen molar-refractivity contribution in [3.63, 3.8) is 0 Å². The van der Waals surface area contributed by atoms with Crippen LogP contribution in [0.2, 0.25) is 0 Å². The molecule has 1 aliphatic carbocycles. The van der Waals surface area contributed by atoms with E-state index in [1.807, 2.05) is 12.1 Å². The van der Waals surface area contributed by atoms with Gasteiger partial charge in [-0.05, 0) is 68.4 Å². The molecule has 32 heavy (non-hydrogen) atoms. The van der Waals surface area contributed by atoms with Crippen LogP contribution in [0.15, 0.2) is 52.1 Å². The average Bonchev–Trinajstić information content (AvgIpc) is 3.18. The monoisotopic (exact) mass is 446 g/mol. The van der Waals surface area contributed by atoms with E-state index in [0.29, 0.717) is 23.4 Å². The molecule has 0 atom stereocenters. The van der Waals surface area contributed by atoms with Crippen LogP contribution in [0, 0.1) is 13.8 Å². The van der Waals surface area contributed by atoms with Crippen molar-refractivity contribution in [2.45, 2.75) is 46.1 Å². The molecule has 0 spiro atoms. The Morgan fingerprint density at radius 3 is 2.62 bits per heavy atom. The molecular weight excluding hydrogens is 420 g/mol. The highest BCUT2D eigenvalue weighted by Gasteiger charge is 2.24. The zero-order chi connectivity index (χ0) is 22.4. The Morgan fingerprint density at radius 1 is 1.03 bits per heavy atom. The fourth-order valence-electron chi connectivity index (χ4n) is 4.68. The zero-order valence-electron chi connectivity index (χ0n) is 18.6. The molecule has 6 heteroatoms. The van der Waals surface area contributed by atoms with Crippen molar-refractivity contribution in [1.82, 2.24) is 9.13 Å². The fraction of sp³-hybridized carbons (Fsp3) is 0.308. The van der Waals surface area contributed by atoms with Crippen LogP contribution in [0.5, 0.6) is 5.75 Å². The third-order valence-corrected chi connectivity index (χ3v) is 7.69. The van der Waals surface area contributed by atoms with Crippen molar-refractivity contribution in [3.8, 4) is 11.4 Å². The standard InChI is InChI=1S/C26H26N2O3S/c1-16-11-12-18(17(2)13-16)15-27-25-23(21-9-4-5-10-22(21)32-25)24(29)28(26(27)30)19-7-6-8-20(14-19)31-3/h6-8,11-14H,4-5,9-10,15H2,1-3H3. The minimum atomic E-state index is -0.311. The second kappa shape index (κ2) is 8.10. The van der Waals surface area contributed by atoms with Crippen LogP contribution in [0.4, 0.5) is 0 Å². The Hall–Kier alpha value is -3.12. The second-order valence-electron chi connectivity index (χ2n) is 8.53. The number of methoxy groups -OCH3 is 1. The lowest BCUT2D eigenvalue weighted by Gasteiger charge is -2.15. The van der Waals surface area contributed by atoms with Gasteiger partial charge in [0.1, 0.15) is 10.6 Å². The van der Waals surface area contributed by atoms with Crippen molar-refractivity contribution < 1.29 is 4.74 Å². The van der Waals surface area contributed by atoms with Gasteiger partial charge in [0.05, 0.1) is 24.7 Å². The first kappa shape index (κ1) is 20.8. The third-order valence-electron chi connectivity index (χ3n) is 6.38. The highest BCUT2D eigenvalue weighted by atomic mass is 32.1. The summed E-state index contributed by atoms with van der Waals surface area (Å²) in [7, 11) is 1.58. The van der Waals surface area contributed by atoms with Gasteiger partial charge in [-0.3, -0.25) is 9.36 Å². The van der Waals surface area contributed by atoms with Gasteiger partial charge in [0, 0.05) is 10.9 Å². The number of hydrogen-bond acceptors (Lipinski definition) is 4. The Morgan fingerprint density at radius 2 is 1.84 bits per heavy atom. The molecule has 0 aliphatic heterocycles. The van der Waals surface area contributed by atoms with Crippen LogP contribution < -0.4 is 16.0 Å². The molecule has 0 unspecified atom stereocenters. The maximum Gasteiger partial charge on any atom is 0.337 e.